The summed E-state index contributed by atoms with van der Waals surface area (Å²) >= 11 is 0. The van der Waals surface area contributed by atoms with Gasteiger partial charge in [-0.1, -0.05) is 6.07 Å². The van der Waals surface area contributed by atoms with E-state index in [9.17, 15) is 18.0 Å². The van der Waals surface area contributed by atoms with Crippen molar-refractivity contribution in [3.63, 3.8) is 0 Å². The van der Waals surface area contributed by atoms with Gasteiger partial charge in [0, 0.05) is 35.8 Å². The molecule has 1 saturated heterocycles. The quantitative estimate of drug-likeness (QED) is 0.576. The number of morpholine rings is 1. The summed E-state index contributed by atoms with van der Waals surface area (Å²) in [5.41, 5.74) is 10.1. The molecule has 2 aromatic heterocycles. The lowest BCUT2D eigenvalue weighted by Gasteiger charge is -2.43. The summed E-state index contributed by atoms with van der Waals surface area (Å²) in [7, 11) is 0. The van der Waals surface area contributed by atoms with E-state index in [2.05, 4.69) is 26.3 Å². The van der Waals surface area contributed by atoms with Gasteiger partial charge in [-0.15, -0.1) is 0 Å². The van der Waals surface area contributed by atoms with E-state index in [1.807, 2.05) is 13.0 Å². The average Bonchev–Trinajstić information content (AvgIpc) is 2.84. The number of ether oxygens (including phenoxy) is 1. The number of hydrogen-bond donors (Lipinski definition) is 2. The molecule has 1 amide bonds. The van der Waals surface area contributed by atoms with E-state index < -0.39 is 17.8 Å². The number of nitrogens with two attached hydrogens (primary N) is 1. The third-order valence-electron chi connectivity index (χ3n) is 6.43. The van der Waals surface area contributed by atoms with Gasteiger partial charge in [0.25, 0.3) is 5.91 Å². The van der Waals surface area contributed by atoms with E-state index in [0.29, 0.717) is 18.9 Å². The predicted molar refractivity (Wildman–Crippen MR) is 125 cm³/mol. The maximum absolute atomic E-state index is 13.0. The number of alkyl halides is 3. The van der Waals surface area contributed by atoms with E-state index in [1.165, 1.54) is 6.07 Å². The number of amides is 1. The third kappa shape index (κ3) is 4.59. The van der Waals surface area contributed by atoms with E-state index in [-0.39, 0.29) is 17.6 Å². The topological polar surface area (TPSA) is 93.4 Å². The van der Waals surface area contributed by atoms with Crippen LogP contribution in [0.25, 0.3) is 11.1 Å². The second-order valence-corrected chi connectivity index (χ2v) is 8.80. The summed E-state index contributed by atoms with van der Waals surface area (Å²) < 4.78 is 44.5. The van der Waals surface area contributed by atoms with Crippen molar-refractivity contribution in [1.29, 1.82) is 0 Å². The second kappa shape index (κ2) is 8.94. The number of anilines is 2. The number of nitrogens with zero attached hydrogens (tertiary/aromatic N) is 3. The molecule has 3 aromatic rings. The van der Waals surface area contributed by atoms with Gasteiger partial charge in [0.15, 0.2) is 0 Å². The molecule has 0 bridgehead atoms. The minimum absolute atomic E-state index is 0.128. The molecule has 7 nitrogen and oxygen atoms in total. The Hall–Kier alpha value is -3.50. The Morgan fingerprint density at radius 3 is 2.83 bits per heavy atom. The number of carbonyl (C=O) groups is 1. The summed E-state index contributed by atoms with van der Waals surface area (Å²) in [4.78, 5) is 22.9. The van der Waals surface area contributed by atoms with Gasteiger partial charge < -0.3 is 20.7 Å². The maximum Gasteiger partial charge on any atom is 0.433 e. The first-order chi connectivity index (χ1) is 16.7. The molecule has 35 heavy (non-hydrogen) atoms. The second-order valence-electron chi connectivity index (χ2n) is 8.80. The highest BCUT2D eigenvalue weighted by Crippen LogP contribution is 2.39. The zero-order chi connectivity index (χ0) is 24.7. The molecule has 1 fully saturated rings. The van der Waals surface area contributed by atoms with Crippen molar-refractivity contribution in [3.05, 3.63) is 71.3 Å². The van der Waals surface area contributed by atoms with Crippen molar-refractivity contribution < 1.29 is 22.7 Å². The van der Waals surface area contributed by atoms with Crippen molar-refractivity contribution in [1.82, 2.24) is 9.97 Å². The Labute approximate surface area is 200 Å². The highest BCUT2D eigenvalue weighted by molar-refractivity contribution is 6.04. The summed E-state index contributed by atoms with van der Waals surface area (Å²) in [5.74, 6) is -0.654. The minimum Gasteiger partial charge on any atom is -0.377 e. The molecule has 0 spiro atoms. The van der Waals surface area contributed by atoms with E-state index in [1.54, 1.807) is 18.3 Å². The van der Waals surface area contributed by atoms with Gasteiger partial charge in [0.1, 0.15) is 5.69 Å². The van der Waals surface area contributed by atoms with Crippen molar-refractivity contribution in [2.24, 2.45) is 5.73 Å². The highest BCUT2D eigenvalue weighted by atomic mass is 19.4. The van der Waals surface area contributed by atoms with Gasteiger partial charge >= 0.3 is 6.18 Å². The van der Waals surface area contributed by atoms with Crippen LogP contribution in [0.5, 0.6) is 0 Å². The fourth-order valence-electron chi connectivity index (χ4n) is 4.64. The molecule has 1 aromatic carbocycles. The minimum atomic E-state index is -4.63. The van der Waals surface area contributed by atoms with Crippen LogP contribution < -0.4 is 16.0 Å². The largest absolute Gasteiger partial charge is 0.433 e. The Kier molecular flexibility index (Phi) is 5.94. The van der Waals surface area contributed by atoms with Gasteiger partial charge in [-0.2, -0.15) is 13.2 Å². The van der Waals surface area contributed by atoms with Gasteiger partial charge in [-0.25, -0.2) is 0 Å². The molecule has 2 unspecified atom stereocenters. The van der Waals surface area contributed by atoms with Crippen LogP contribution in [0.15, 0.2) is 48.8 Å². The van der Waals surface area contributed by atoms with Crippen LogP contribution in [0.3, 0.4) is 0 Å². The third-order valence-corrected chi connectivity index (χ3v) is 6.43. The standard InChI is InChI=1S/C25H24F3N5O2/c1-14-2-3-17(32-24(34)15-4-5-30-22(9-15)25(26,27)28)10-19(14)16-8-21-23(31-12-16)20(29)11-18-13-35-7-6-33(18)21/h2-5,8-10,12,18,20H,6-7,11,13,29H2,1H3,(H,32,34). The first-order valence-corrected chi connectivity index (χ1v) is 11.3. The molecule has 0 radical (unpaired) electrons. The molecule has 4 heterocycles. The fourth-order valence-corrected chi connectivity index (χ4v) is 4.64. The van der Waals surface area contributed by atoms with Crippen molar-refractivity contribution >= 4 is 17.3 Å². The zero-order valence-corrected chi connectivity index (χ0v) is 19.0. The smallest absolute Gasteiger partial charge is 0.377 e. The molecule has 0 saturated carbocycles. The maximum atomic E-state index is 13.0. The number of nitrogens with one attached hydrogen (secondary N) is 1. The molecular weight excluding hydrogens is 459 g/mol. The van der Waals surface area contributed by atoms with Gasteiger partial charge in [-0.3, -0.25) is 14.8 Å². The number of aromatic nitrogens is 2. The van der Waals surface area contributed by atoms with Crippen molar-refractivity contribution in [2.75, 3.05) is 30.0 Å². The number of aryl methyl sites for hydroxylation is 1. The van der Waals surface area contributed by atoms with Gasteiger partial charge in [-0.05, 0) is 54.8 Å². The number of rotatable bonds is 3. The number of halogens is 3. The normalized spacial score (nSPS) is 19.6. The van der Waals surface area contributed by atoms with Crippen LogP contribution in [0, 0.1) is 6.92 Å². The Morgan fingerprint density at radius 2 is 2.03 bits per heavy atom. The van der Waals surface area contributed by atoms with Crippen LogP contribution in [-0.2, 0) is 10.9 Å². The Morgan fingerprint density at radius 1 is 1.20 bits per heavy atom. The molecule has 10 heteroatoms. The molecule has 2 aliphatic heterocycles. The van der Waals surface area contributed by atoms with Crippen LogP contribution in [0.1, 0.15) is 39.8 Å². The summed E-state index contributed by atoms with van der Waals surface area (Å²) in [6.07, 6.45) is -1.10. The number of pyridine rings is 2. The molecule has 2 atom stereocenters. The lowest BCUT2D eigenvalue weighted by atomic mass is 9.93. The Balaban J connectivity index is 1.44. The van der Waals surface area contributed by atoms with Gasteiger partial charge in [0.05, 0.1) is 36.7 Å². The van der Waals surface area contributed by atoms with Crippen molar-refractivity contribution in [2.45, 2.75) is 31.6 Å². The monoisotopic (exact) mass is 483 g/mol. The zero-order valence-electron chi connectivity index (χ0n) is 19.0. The molecule has 182 valence electrons. The molecule has 3 N–H and O–H groups in total. The molecular formula is C25H24F3N5O2. The summed E-state index contributed by atoms with van der Waals surface area (Å²) in [6, 6.07) is 9.43. The van der Waals surface area contributed by atoms with E-state index in [0.717, 1.165) is 53.3 Å². The van der Waals surface area contributed by atoms with Crippen LogP contribution in [0.2, 0.25) is 0 Å². The Bertz CT molecular complexity index is 1280. The van der Waals surface area contributed by atoms with Gasteiger partial charge in [0.2, 0.25) is 0 Å². The van der Waals surface area contributed by atoms with Crippen LogP contribution >= 0.6 is 0 Å². The lowest BCUT2D eigenvalue weighted by molar-refractivity contribution is -0.141. The van der Waals surface area contributed by atoms with Crippen molar-refractivity contribution in [3.8, 4) is 11.1 Å². The fraction of sp³-hybridized carbons (Fsp3) is 0.320. The number of fused-ring (bicyclic) bond motifs is 3. The number of hydrogen-bond acceptors (Lipinski definition) is 6. The first-order valence-electron chi connectivity index (χ1n) is 11.3. The SMILES string of the molecule is Cc1ccc(NC(=O)c2ccnc(C(F)(F)F)c2)cc1-c1cnc2c(c1)N1CCOCC1CC2N. The predicted octanol–water partition coefficient (Wildman–Crippen LogP) is 4.33. The number of carbonyl (C=O) groups excluding carboxylic acids is 1. The first kappa shape index (κ1) is 23.3. The van der Waals surface area contributed by atoms with Crippen LogP contribution in [0.4, 0.5) is 24.5 Å². The van der Waals surface area contributed by atoms with Crippen LogP contribution in [-0.4, -0.2) is 41.7 Å². The lowest BCUT2D eigenvalue weighted by Crippen LogP contribution is -2.50. The molecule has 2 aliphatic rings. The summed E-state index contributed by atoms with van der Waals surface area (Å²) in [6.45, 7) is 3.97. The number of benzene rings is 1. The summed E-state index contributed by atoms with van der Waals surface area (Å²) in [5, 5.41) is 2.69. The van der Waals surface area contributed by atoms with E-state index >= 15 is 0 Å². The molecule has 5 rings (SSSR count). The average molecular weight is 483 g/mol. The highest BCUT2D eigenvalue weighted by Gasteiger charge is 2.34. The molecule has 0 aliphatic carbocycles. The van der Waals surface area contributed by atoms with E-state index in [4.69, 9.17) is 10.5 Å².